The molecule has 0 unspecified atom stereocenters. The van der Waals surface area contributed by atoms with Crippen molar-refractivity contribution >= 4 is 22.5 Å². The van der Waals surface area contributed by atoms with Gasteiger partial charge in [0, 0.05) is 26.6 Å². The Bertz CT molecular complexity index is 1300. The SMILES string of the molecule is COCC(=O)Nn1ccc2c(cnc3c(-c4ccc(F)cc4)c(COC)nn32)c1=O. The molecule has 1 amide bonds. The van der Waals surface area contributed by atoms with E-state index in [1.54, 1.807) is 29.8 Å². The van der Waals surface area contributed by atoms with Crippen LogP contribution in [0.2, 0.25) is 0 Å². The number of pyridine rings is 1. The molecule has 0 fully saturated rings. The standard InChI is InChI=1S/C20H18FN5O4/c1-29-10-15-18(12-3-5-13(21)6-4-12)19-22-9-14-16(26(19)23-15)7-8-25(20(14)28)24-17(27)11-30-2/h3-9H,10-11H2,1-2H3,(H,24,27). The molecule has 3 aromatic heterocycles. The van der Waals surface area contributed by atoms with Gasteiger partial charge in [-0.1, -0.05) is 12.1 Å². The van der Waals surface area contributed by atoms with Crippen LogP contribution < -0.4 is 11.0 Å². The van der Waals surface area contributed by atoms with Crippen molar-refractivity contribution in [3.63, 3.8) is 0 Å². The Kier molecular flexibility index (Phi) is 5.25. The maximum absolute atomic E-state index is 13.4. The lowest BCUT2D eigenvalue weighted by molar-refractivity contribution is -0.120. The number of amides is 1. The summed E-state index contributed by atoms with van der Waals surface area (Å²) in [6.07, 6.45) is 2.87. The average molecular weight is 411 g/mol. The Hall–Kier alpha value is -3.63. The highest BCUT2D eigenvalue weighted by molar-refractivity contribution is 5.88. The lowest BCUT2D eigenvalue weighted by Crippen LogP contribution is -2.34. The molecule has 0 aliphatic rings. The first-order valence-corrected chi connectivity index (χ1v) is 8.99. The van der Waals surface area contributed by atoms with Gasteiger partial charge in [0.25, 0.3) is 11.5 Å². The topological polar surface area (TPSA) is 99.8 Å². The van der Waals surface area contributed by atoms with Gasteiger partial charge >= 0.3 is 0 Å². The zero-order valence-corrected chi connectivity index (χ0v) is 16.3. The summed E-state index contributed by atoms with van der Waals surface area (Å²) in [5, 5.41) is 4.83. The summed E-state index contributed by atoms with van der Waals surface area (Å²) in [4.78, 5) is 29.0. The largest absolute Gasteiger partial charge is 0.378 e. The molecular formula is C20H18FN5O4. The highest BCUT2D eigenvalue weighted by Crippen LogP contribution is 2.29. The molecule has 0 saturated carbocycles. The van der Waals surface area contributed by atoms with E-state index in [0.717, 1.165) is 10.2 Å². The fourth-order valence-electron chi connectivity index (χ4n) is 3.25. The number of methoxy groups -OCH3 is 2. The van der Waals surface area contributed by atoms with Crippen molar-refractivity contribution in [1.29, 1.82) is 0 Å². The molecule has 0 saturated heterocycles. The number of carbonyl (C=O) groups excluding carboxylic acids is 1. The highest BCUT2D eigenvalue weighted by atomic mass is 19.1. The zero-order chi connectivity index (χ0) is 21.3. The molecule has 0 atom stereocenters. The van der Waals surface area contributed by atoms with E-state index in [9.17, 15) is 14.0 Å². The molecule has 3 heterocycles. The highest BCUT2D eigenvalue weighted by Gasteiger charge is 2.19. The number of aromatic nitrogens is 4. The molecule has 9 nitrogen and oxygen atoms in total. The Morgan fingerprint density at radius 1 is 1.17 bits per heavy atom. The second-order valence-corrected chi connectivity index (χ2v) is 6.51. The van der Waals surface area contributed by atoms with Gasteiger partial charge in [0.1, 0.15) is 12.4 Å². The molecular weight excluding hydrogens is 393 g/mol. The van der Waals surface area contributed by atoms with Crippen LogP contribution in [-0.4, -0.2) is 46.0 Å². The van der Waals surface area contributed by atoms with Gasteiger partial charge in [-0.25, -0.2) is 18.6 Å². The molecule has 10 heteroatoms. The molecule has 0 radical (unpaired) electrons. The van der Waals surface area contributed by atoms with E-state index in [4.69, 9.17) is 9.47 Å². The third kappa shape index (κ3) is 3.42. The van der Waals surface area contributed by atoms with Gasteiger partial charge in [-0.2, -0.15) is 5.10 Å². The minimum atomic E-state index is -0.465. The lowest BCUT2D eigenvalue weighted by atomic mass is 10.1. The van der Waals surface area contributed by atoms with Gasteiger partial charge in [0.05, 0.1) is 28.8 Å². The molecule has 0 bridgehead atoms. The Balaban J connectivity index is 1.91. The quantitative estimate of drug-likeness (QED) is 0.519. The number of halogens is 1. The fourth-order valence-corrected chi connectivity index (χ4v) is 3.25. The van der Waals surface area contributed by atoms with Crippen molar-refractivity contribution in [2.45, 2.75) is 6.61 Å². The molecule has 4 rings (SSSR count). The monoisotopic (exact) mass is 411 g/mol. The number of fused-ring (bicyclic) bond motifs is 3. The van der Waals surface area contributed by atoms with Gasteiger partial charge in [0.15, 0.2) is 5.65 Å². The summed E-state index contributed by atoms with van der Waals surface area (Å²) in [5.41, 5.74) is 5.01. The van der Waals surface area contributed by atoms with E-state index in [1.165, 1.54) is 31.6 Å². The summed E-state index contributed by atoms with van der Waals surface area (Å²) in [7, 11) is 2.93. The van der Waals surface area contributed by atoms with Gasteiger partial charge in [0.2, 0.25) is 0 Å². The predicted molar refractivity (Wildman–Crippen MR) is 107 cm³/mol. The van der Waals surface area contributed by atoms with Crippen molar-refractivity contribution in [3.8, 4) is 11.1 Å². The van der Waals surface area contributed by atoms with Crippen LogP contribution in [0.5, 0.6) is 0 Å². The van der Waals surface area contributed by atoms with Gasteiger partial charge in [-0.15, -0.1) is 0 Å². The molecule has 1 aromatic carbocycles. The lowest BCUT2D eigenvalue weighted by Gasteiger charge is -2.09. The summed E-state index contributed by atoms with van der Waals surface area (Å²) in [6, 6.07) is 7.65. The Morgan fingerprint density at radius 2 is 1.93 bits per heavy atom. The zero-order valence-electron chi connectivity index (χ0n) is 16.3. The number of hydrogen-bond acceptors (Lipinski definition) is 6. The third-order valence-electron chi connectivity index (χ3n) is 4.52. The summed E-state index contributed by atoms with van der Waals surface area (Å²) in [5.74, 6) is -0.814. The number of nitrogens with one attached hydrogen (secondary N) is 1. The van der Waals surface area contributed by atoms with E-state index < -0.39 is 11.5 Å². The maximum atomic E-state index is 13.4. The first-order chi connectivity index (χ1) is 14.5. The summed E-state index contributed by atoms with van der Waals surface area (Å²) in [6.45, 7) is 0.0318. The number of nitrogens with zero attached hydrogens (tertiary/aromatic N) is 4. The van der Waals surface area contributed by atoms with Gasteiger partial charge in [-0.05, 0) is 23.8 Å². The van der Waals surface area contributed by atoms with Crippen LogP contribution in [0.1, 0.15) is 5.69 Å². The molecule has 0 aliphatic heterocycles. The van der Waals surface area contributed by atoms with Crippen LogP contribution in [0.15, 0.2) is 47.5 Å². The van der Waals surface area contributed by atoms with E-state index >= 15 is 0 Å². The van der Waals surface area contributed by atoms with Crippen LogP contribution in [0.25, 0.3) is 27.7 Å². The second kappa shape index (κ2) is 8.01. The molecule has 4 aromatic rings. The molecule has 30 heavy (non-hydrogen) atoms. The minimum absolute atomic E-state index is 0.178. The molecule has 0 aliphatic carbocycles. The van der Waals surface area contributed by atoms with Crippen LogP contribution in [-0.2, 0) is 20.9 Å². The smallest absolute Gasteiger partial charge is 0.280 e. The van der Waals surface area contributed by atoms with Crippen molar-refractivity contribution < 1.29 is 18.7 Å². The van der Waals surface area contributed by atoms with Crippen molar-refractivity contribution in [3.05, 3.63) is 64.6 Å². The fraction of sp³-hybridized carbons (Fsp3) is 0.200. The van der Waals surface area contributed by atoms with E-state index in [1.807, 2.05) is 0 Å². The van der Waals surface area contributed by atoms with Crippen LogP contribution in [0, 0.1) is 5.82 Å². The average Bonchev–Trinajstić information content (AvgIpc) is 3.09. The van der Waals surface area contributed by atoms with E-state index in [-0.39, 0.29) is 24.4 Å². The van der Waals surface area contributed by atoms with Gasteiger partial charge in [-0.3, -0.25) is 15.0 Å². The summed E-state index contributed by atoms with van der Waals surface area (Å²) >= 11 is 0. The Morgan fingerprint density at radius 3 is 2.63 bits per heavy atom. The van der Waals surface area contributed by atoms with E-state index in [2.05, 4.69) is 15.5 Å². The third-order valence-corrected chi connectivity index (χ3v) is 4.52. The van der Waals surface area contributed by atoms with E-state index in [0.29, 0.717) is 22.4 Å². The number of hydrogen-bond donors (Lipinski definition) is 1. The first kappa shape index (κ1) is 19.7. The molecule has 1 N–H and O–H groups in total. The molecule has 0 spiro atoms. The van der Waals surface area contributed by atoms with Crippen molar-refractivity contribution in [2.75, 3.05) is 26.3 Å². The maximum Gasteiger partial charge on any atom is 0.280 e. The van der Waals surface area contributed by atoms with Gasteiger partial charge < -0.3 is 9.47 Å². The predicted octanol–water partition coefficient (Wildman–Crippen LogP) is 1.71. The second-order valence-electron chi connectivity index (χ2n) is 6.51. The number of benzene rings is 1. The number of ether oxygens (including phenoxy) is 2. The van der Waals surface area contributed by atoms with Crippen LogP contribution in [0.4, 0.5) is 4.39 Å². The first-order valence-electron chi connectivity index (χ1n) is 8.99. The number of rotatable bonds is 6. The summed E-state index contributed by atoms with van der Waals surface area (Å²) < 4.78 is 26.0. The minimum Gasteiger partial charge on any atom is -0.378 e. The van der Waals surface area contributed by atoms with Crippen molar-refractivity contribution in [1.82, 2.24) is 19.3 Å². The van der Waals surface area contributed by atoms with Crippen LogP contribution in [0.3, 0.4) is 0 Å². The number of carbonyl (C=O) groups is 1. The molecule has 154 valence electrons. The van der Waals surface area contributed by atoms with Crippen molar-refractivity contribution in [2.24, 2.45) is 0 Å². The van der Waals surface area contributed by atoms with Crippen LogP contribution >= 0.6 is 0 Å². The Labute approximate surface area is 169 Å². The normalized spacial score (nSPS) is 11.3.